The van der Waals surface area contributed by atoms with Gasteiger partial charge in [0.05, 0.1) is 11.6 Å². The molecule has 1 unspecified atom stereocenters. The van der Waals surface area contributed by atoms with E-state index in [1.165, 1.54) is 36.8 Å². The van der Waals surface area contributed by atoms with Crippen molar-refractivity contribution >= 4 is 29.3 Å². The molecule has 0 aliphatic carbocycles. The molecule has 34 heavy (non-hydrogen) atoms. The number of ether oxygens (including phenoxy) is 1. The monoisotopic (exact) mass is 487 g/mol. The molecule has 0 fully saturated rings. The van der Waals surface area contributed by atoms with Crippen molar-refractivity contribution in [3.05, 3.63) is 78.2 Å². The van der Waals surface area contributed by atoms with Gasteiger partial charge >= 0.3 is 6.36 Å². The number of thioether (sulfide) groups is 1. The first kappa shape index (κ1) is 24.5. The number of nitrogens with one attached hydrogen (secondary N) is 2. The molecule has 2 amide bonds. The van der Waals surface area contributed by atoms with Crippen LogP contribution in [0.2, 0.25) is 0 Å². The highest BCUT2D eigenvalue weighted by atomic mass is 32.2. The molecule has 0 bridgehead atoms. The minimum atomic E-state index is -4.82. The first-order valence-corrected chi connectivity index (χ1v) is 10.5. The minimum absolute atomic E-state index is 0.178. The second-order valence-electron chi connectivity index (χ2n) is 6.56. The molecular formula is C22H16F3N5O3S. The lowest BCUT2D eigenvalue weighted by atomic mass is 10.2. The number of hydrogen-bond acceptors (Lipinski definition) is 7. The van der Waals surface area contributed by atoms with E-state index in [4.69, 9.17) is 5.26 Å². The average Bonchev–Trinajstić information content (AvgIpc) is 2.80. The van der Waals surface area contributed by atoms with E-state index >= 15 is 0 Å². The molecule has 0 saturated carbocycles. The molecule has 0 aliphatic rings. The summed E-state index contributed by atoms with van der Waals surface area (Å²) in [4.78, 5) is 33.1. The van der Waals surface area contributed by atoms with Gasteiger partial charge in [-0.15, -0.1) is 13.2 Å². The zero-order valence-corrected chi connectivity index (χ0v) is 18.1. The second-order valence-corrected chi connectivity index (χ2v) is 7.66. The van der Waals surface area contributed by atoms with E-state index in [0.29, 0.717) is 5.56 Å². The van der Waals surface area contributed by atoms with Crippen LogP contribution in [0, 0.1) is 11.3 Å². The van der Waals surface area contributed by atoms with Gasteiger partial charge in [0.25, 0.3) is 5.91 Å². The maximum atomic E-state index is 12.9. The lowest BCUT2D eigenvalue weighted by Gasteiger charge is -2.19. The second kappa shape index (κ2) is 11.2. The van der Waals surface area contributed by atoms with Gasteiger partial charge in [0.15, 0.2) is 0 Å². The van der Waals surface area contributed by atoms with Crippen molar-refractivity contribution in [2.24, 2.45) is 0 Å². The molecule has 0 radical (unpaired) electrons. The molecule has 2 aromatic heterocycles. The van der Waals surface area contributed by atoms with Gasteiger partial charge < -0.3 is 15.4 Å². The number of halogens is 3. The van der Waals surface area contributed by atoms with Crippen LogP contribution in [0.5, 0.6) is 5.75 Å². The number of nitriles is 1. The van der Waals surface area contributed by atoms with Crippen molar-refractivity contribution in [2.45, 2.75) is 23.2 Å². The summed E-state index contributed by atoms with van der Waals surface area (Å²) in [6.45, 7) is 0. The summed E-state index contributed by atoms with van der Waals surface area (Å²) in [5.41, 5.74) is 1.09. The minimum Gasteiger partial charge on any atom is -0.406 e. The Bertz CT molecular complexity index is 1180. The zero-order chi connectivity index (χ0) is 24.6. The summed E-state index contributed by atoms with van der Waals surface area (Å²) in [5, 5.41) is 13.7. The number of alkyl halides is 3. The topological polar surface area (TPSA) is 117 Å². The van der Waals surface area contributed by atoms with E-state index in [0.717, 1.165) is 23.9 Å². The van der Waals surface area contributed by atoms with Crippen LogP contribution >= 0.6 is 11.8 Å². The number of nitrogens with zero attached hydrogens (tertiary/aromatic N) is 3. The quantitative estimate of drug-likeness (QED) is 0.356. The Morgan fingerprint density at radius 2 is 1.79 bits per heavy atom. The molecule has 8 nitrogen and oxygen atoms in total. The fraction of sp³-hybridized carbons (Fsp3) is 0.136. The Morgan fingerprint density at radius 3 is 2.44 bits per heavy atom. The molecule has 2 N–H and O–H groups in total. The maximum absolute atomic E-state index is 12.9. The van der Waals surface area contributed by atoms with E-state index in [2.05, 4.69) is 25.3 Å². The third-order valence-electron chi connectivity index (χ3n) is 4.13. The normalized spacial score (nSPS) is 11.7. The maximum Gasteiger partial charge on any atom is 0.573 e. The highest BCUT2D eigenvalue weighted by Gasteiger charge is 2.31. The Labute approximate surface area is 196 Å². The molecule has 0 spiro atoms. The van der Waals surface area contributed by atoms with Crippen molar-refractivity contribution in [1.29, 1.82) is 5.26 Å². The van der Waals surface area contributed by atoms with Crippen LogP contribution < -0.4 is 15.4 Å². The van der Waals surface area contributed by atoms with Crippen LogP contribution in [0.3, 0.4) is 0 Å². The number of rotatable bonds is 8. The molecule has 0 saturated heterocycles. The molecule has 1 aromatic carbocycles. The van der Waals surface area contributed by atoms with Crippen LogP contribution in [0.15, 0.2) is 72.1 Å². The summed E-state index contributed by atoms with van der Waals surface area (Å²) >= 11 is 1.08. The van der Waals surface area contributed by atoms with Crippen molar-refractivity contribution in [3.8, 4) is 11.8 Å². The summed E-state index contributed by atoms with van der Waals surface area (Å²) in [7, 11) is 0. The summed E-state index contributed by atoms with van der Waals surface area (Å²) in [6.07, 6.45) is -0.607. The van der Waals surface area contributed by atoms with Crippen molar-refractivity contribution in [1.82, 2.24) is 15.3 Å². The van der Waals surface area contributed by atoms with Gasteiger partial charge in [-0.1, -0.05) is 11.8 Å². The lowest BCUT2D eigenvalue weighted by Crippen LogP contribution is -2.26. The predicted molar refractivity (Wildman–Crippen MR) is 117 cm³/mol. The van der Waals surface area contributed by atoms with E-state index < -0.39 is 29.3 Å². The number of carbonyl (C=O) groups is 2. The highest BCUT2D eigenvalue weighted by molar-refractivity contribution is 7.99. The van der Waals surface area contributed by atoms with E-state index in [-0.39, 0.29) is 22.7 Å². The third-order valence-corrected chi connectivity index (χ3v) is 5.31. The van der Waals surface area contributed by atoms with Gasteiger partial charge in [0, 0.05) is 24.3 Å². The van der Waals surface area contributed by atoms with Crippen LogP contribution in [0.25, 0.3) is 0 Å². The molecule has 1 atom stereocenters. The van der Waals surface area contributed by atoms with Gasteiger partial charge in [0.2, 0.25) is 5.91 Å². The van der Waals surface area contributed by atoms with Crippen LogP contribution in [0.1, 0.15) is 27.7 Å². The highest BCUT2D eigenvalue weighted by Crippen LogP contribution is 2.34. The van der Waals surface area contributed by atoms with Crippen LogP contribution in [-0.2, 0) is 4.79 Å². The summed E-state index contributed by atoms with van der Waals surface area (Å²) in [5.74, 6) is -1.48. The standard InChI is InChI=1S/C22H16F3N5O3S/c23-22(24,25)33-16-5-3-15(4-6-16)29-19(32)17-2-1-11-28-21(17)34-20(30-18(31)7-10-26)14-8-12-27-13-9-14/h1-6,8-9,11-13,20H,7H2,(H,29,32)(H,30,31). The average molecular weight is 487 g/mol. The van der Waals surface area contributed by atoms with E-state index in [1.807, 2.05) is 0 Å². The van der Waals surface area contributed by atoms with E-state index in [1.54, 1.807) is 24.3 Å². The van der Waals surface area contributed by atoms with Crippen LogP contribution in [0.4, 0.5) is 18.9 Å². The van der Waals surface area contributed by atoms with Crippen molar-refractivity contribution in [2.75, 3.05) is 5.32 Å². The number of amides is 2. The number of carbonyl (C=O) groups excluding carboxylic acids is 2. The SMILES string of the molecule is N#CCC(=O)NC(Sc1ncccc1C(=O)Nc1ccc(OC(F)(F)F)cc1)c1ccncc1. The molecule has 2 heterocycles. The number of pyridine rings is 2. The summed E-state index contributed by atoms with van der Waals surface area (Å²) in [6, 6.07) is 12.9. The Hall–Kier alpha value is -4.11. The number of anilines is 1. The molecule has 3 aromatic rings. The van der Waals surface area contributed by atoms with Gasteiger partial charge in [-0.3, -0.25) is 14.6 Å². The zero-order valence-electron chi connectivity index (χ0n) is 17.2. The fourth-order valence-electron chi connectivity index (χ4n) is 2.70. The van der Waals surface area contributed by atoms with Gasteiger partial charge in [-0.05, 0) is 54.1 Å². The lowest BCUT2D eigenvalue weighted by molar-refractivity contribution is -0.274. The fourth-order valence-corrected chi connectivity index (χ4v) is 3.81. The van der Waals surface area contributed by atoms with E-state index in [9.17, 15) is 22.8 Å². The molecular weight excluding hydrogens is 471 g/mol. The van der Waals surface area contributed by atoms with Gasteiger partial charge in [-0.25, -0.2) is 4.98 Å². The van der Waals surface area contributed by atoms with Crippen LogP contribution in [-0.4, -0.2) is 28.1 Å². The first-order valence-electron chi connectivity index (χ1n) is 9.60. The Balaban J connectivity index is 1.79. The smallest absolute Gasteiger partial charge is 0.406 e. The molecule has 174 valence electrons. The molecule has 12 heteroatoms. The van der Waals surface area contributed by atoms with Gasteiger partial charge in [0.1, 0.15) is 22.6 Å². The number of aromatic nitrogens is 2. The Morgan fingerprint density at radius 1 is 1.09 bits per heavy atom. The first-order chi connectivity index (χ1) is 16.2. The summed E-state index contributed by atoms with van der Waals surface area (Å²) < 4.78 is 40.8. The molecule has 0 aliphatic heterocycles. The predicted octanol–water partition coefficient (Wildman–Crippen LogP) is 4.45. The van der Waals surface area contributed by atoms with Crippen molar-refractivity contribution in [3.63, 3.8) is 0 Å². The number of hydrogen-bond donors (Lipinski definition) is 2. The van der Waals surface area contributed by atoms with Crippen molar-refractivity contribution < 1.29 is 27.5 Å². The number of benzene rings is 1. The van der Waals surface area contributed by atoms with Gasteiger partial charge in [-0.2, -0.15) is 5.26 Å². The largest absolute Gasteiger partial charge is 0.573 e. The Kier molecular flexibility index (Phi) is 8.05. The molecule has 3 rings (SSSR count). The third kappa shape index (κ3) is 7.21.